The lowest BCUT2D eigenvalue weighted by atomic mass is 9.61. The number of carbonyl (C=O) groups excluding carboxylic acids is 1. The van der Waals surface area contributed by atoms with Crippen molar-refractivity contribution in [2.45, 2.75) is 86.1 Å². The average molecular weight is 312 g/mol. The van der Waals surface area contributed by atoms with Crippen LogP contribution in [0.25, 0.3) is 0 Å². The molecule has 0 bridgehead atoms. The highest BCUT2D eigenvalue weighted by Crippen LogP contribution is 2.48. The fourth-order valence-electron chi connectivity index (χ4n) is 4.30. The summed E-state index contributed by atoms with van der Waals surface area (Å²) in [5.74, 6) is 1.41. The summed E-state index contributed by atoms with van der Waals surface area (Å²) in [7, 11) is 1.44. The van der Waals surface area contributed by atoms with E-state index in [9.17, 15) is 4.79 Å². The van der Waals surface area contributed by atoms with Gasteiger partial charge in [-0.05, 0) is 48.3 Å². The van der Waals surface area contributed by atoms with Crippen molar-refractivity contribution in [2.75, 3.05) is 7.11 Å². The molecule has 1 rings (SSSR count). The maximum Gasteiger partial charge on any atom is 0.407 e. The Morgan fingerprint density at radius 2 is 1.91 bits per heavy atom. The lowest BCUT2D eigenvalue weighted by molar-refractivity contribution is 0.0540. The number of hydrogen-bond acceptors (Lipinski definition) is 2. The molecule has 1 fully saturated rings. The van der Waals surface area contributed by atoms with Crippen molar-refractivity contribution in [1.82, 2.24) is 5.32 Å². The van der Waals surface area contributed by atoms with Crippen molar-refractivity contribution in [2.24, 2.45) is 22.7 Å². The van der Waals surface area contributed by atoms with Gasteiger partial charge in [0.2, 0.25) is 0 Å². The zero-order valence-electron chi connectivity index (χ0n) is 15.8. The largest absolute Gasteiger partial charge is 0.453 e. The normalized spacial score (nSPS) is 24.7. The van der Waals surface area contributed by atoms with E-state index in [1.165, 1.54) is 32.8 Å². The molecule has 0 aromatic carbocycles. The summed E-state index contributed by atoms with van der Waals surface area (Å²) in [6.07, 6.45) is 6.83. The second-order valence-electron chi connectivity index (χ2n) is 8.66. The molecule has 1 amide bonds. The molecule has 0 heterocycles. The summed E-state index contributed by atoms with van der Waals surface area (Å²) in [4.78, 5) is 11.5. The number of ether oxygens (including phenoxy) is 1. The fourth-order valence-corrected chi connectivity index (χ4v) is 4.30. The number of carbonyl (C=O) groups is 1. The van der Waals surface area contributed by atoms with Gasteiger partial charge in [-0.15, -0.1) is 0 Å². The standard InChI is InChI=1S/C19H37NO2/c1-8-14(2)18(3,4)13-19(5,6)15-10-9-11-16(12-15)20-17(21)22-7/h14-16H,8-13H2,1-7H3,(H,20,21). The van der Waals surface area contributed by atoms with E-state index in [4.69, 9.17) is 4.74 Å². The van der Waals surface area contributed by atoms with Crippen LogP contribution in [0.5, 0.6) is 0 Å². The van der Waals surface area contributed by atoms with E-state index in [1.807, 2.05) is 0 Å². The van der Waals surface area contributed by atoms with Crippen molar-refractivity contribution in [1.29, 1.82) is 0 Å². The summed E-state index contributed by atoms with van der Waals surface area (Å²) in [5.41, 5.74) is 0.671. The Bertz CT molecular complexity index is 362. The number of nitrogens with one attached hydrogen (secondary N) is 1. The number of hydrogen-bond donors (Lipinski definition) is 1. The van der Waals surface area contributed by atoms with E-state index in [-0.39, 0.29) is 12.1 Å². The van der Waals surface area contributed by atoms with Gasteiger partial charge in [0.05, 0.1) is 7.11 Å². The molecule has 1 saturated carbocycles. The monoisotopic (exact) mass is 311 g/mol. The molecule has 3 nitrogen and oxygen atoms in total. The van der Waals surface area contributed by atoms with E-state index in [0.717, 1.165) is 18.8 Å². The van der Waals surface area contributed by atoms with Crippen LogP contribution in [0.1, 0.15) is 80.1 Å². The van der Waals surface area contributed by atoms with Gasteiger partial charge in [0, 0.05) is 6.04 Å². The minimum atomic E-state index is -0.289. The second kappa shape index (κ2) is 7.70. The van der Waals surface area contributed by atoms with Gasteiger partial charge >= 0.3 is 6.09 Å². The molecule has 1 N–H and O–H groups in total. The van der Waals surface area contributed by atoms with Gasteiger partial charge in [0.1, 0.15) is 0 Å². The predicted molar refractivity (Wildman–Crippen MR) is 92.9 cm³/mol. The number of rotatable bonds is 6. The van der Waals surface area contributed by atoms with Gasteiger partial charge in [-0.2, -0.15) is 0 Å². The molecule has 1 aliphatic carbocycles. The van der Waals surface area contributed by atoms with E-state index in [2.05, 4.69) is 46.9 Å². The molecule has 0 saturated heterocycles. The predicted octanol–water partition coefficient (Wildman–Crippen LogP) is 5.39. The van der Waals surface area contributed by atoms with Gasteiger partial charge in [-0.1, -0.05) is 54.4 Å². The minimum absolute atomic E-state index is 0.275. The smallest absolute Gasteiger partial charge is 0.407 e. The quantitative estimate of drug-likeness (QED) is 0.714. The zero-order chi connectivity index (χ0) is 17.0. The Morgan fingerprint density at radius 3 is 2.45 bits per heavy atom. The highest BCUT2D eigenvalue weighted by molar-refractivity contribution is 5.67. The molecule has 130 valence electrons. The third-order valence-electron chi connectivity index (χ3n) is 6.14. The summed E-state index contributed by atoms with van der Waals surface area (Å²) < 4.78 is 4.75. The lowest BCUT2D eigenvalue weighted by Crippen LogP contribution is -2.43. The molecule has 22 heavy (non-hydrogen) atoms. The lowest BCUT2D eigenvalue weighted by Gasteiger charge is -2.45. The van der Waals surface area contributed by atoms with Crippen molar-refractivity contribution >= 4 is 6.09 Å². The summed E-state index contributed by atoms with van der Waals surface area (Å²) in [6.45, 7) is 14.3. The van der Waals surface area contributed by atoms with Crippen LogP contribution >= 0.6 is 0 Å². The van der Waals surface area contributed by atoms with E-state index in [0.29, 0.717) is 16.7 Å². The van der Waals surface area contributed by atoms with Crippen molar-refractivity contribution in [3.63, 3.8) is 0 Å². The molecule has 0 spiro atoms. The van der Waals surface area contributed by atoms with Crippen LogP contribution in [-0.4, -0.2) is 19.2 Å². The first kappa shape index (κ1) is 19.3. The van der Waals surface area contributed by atoms with Gasteiger partial charge in [0.25, 0.3) is 0 Å². The topological polar surface area (TPSA) is 38.3 Å². The van der Waals surface area contributed by atoms with Crippen molar-refractivity contribution < 1.29 is 9.53 Å². The third kappa shape index (κ3) is 5.17. The van der Waals surface area contributed by atoms with Gasteiger partial charge < -0.3 is 10.1 Å². The molecule has 0 radical (unpaired) electrons. The van der Waals surface area contributed by atoms with Gasteiger partial charge in [0.15, 0.2) is 0 Å². The van der Waals surface area contributed by atoms with Gasteiger partial charge in [-0.25, -0.2) is 4.79 Å². The summed E-state index contributed by atoms with van der Waals surface area (Å²) in [6, 6.07) is 0.275. The molecule has 1 aliphatic rings. The Kier molecular flexibility index (Phi) is 6.76. The Hall–Kier alpha value is -0.730. The average Bonchev–Trinajstić information content (AvgIpc) is 2.45. The van der Waals surface area contributed by atoms with Crippen LogP contribution in [0, 0.1) is 22.7 Å². The molecule has 0 aliphatic heterocycles. The van der Waals surface area contributed by atoms with Crippen molar-refractivity contribution in [3.8, 4) is 0 Å². The molecule has 0 aromatic rings. The zero-order valence-corrected chi connectivity index (χ0v) is 15.8. The Balaban J connectivity index is 2.69. The highest BCUT2D eigenvalue weighted by atomic mass is 16.5. The molecule has 3 atom stereocenters. The number of alkyl carbamates (subject to hydrolysis) is 1. The summed E-state index contributed by atoms with van der Waals surface area (Å²) in [5, 5.41) is 3.01. The molecule has 3 heteroatoms. The van der Waals surface area contributed by atoms with Gasteiger partial charge in [-0.3, -0.25) is 0 Å². The first-order valence-electron chi connectivity index (χ1n) is 8.97. The van der Waals surface area contributed by atoms with E-state index < -0.39 is 0 Å². The maximum absolute atomic E-state index is 11.5. The van der Waals surface area contributed by atoms with E-state index >= 15 is 0 Å². The maximum atomic E-state index is 11.5. The van der Waals surface area contributed by atoms with E-state index in [1.54, 1.807) is 0 Å². The van der Waals surface area contributed by atoms with Crippen LogP contribution in [0.2, 0.25) is 0 Å². The highest BCUT2D eigenvalue weighted by Gasteiger charge is 2.39. The minimum Gasteiger partial charge on any atom is -0.453 e. The van der Waals surface area contributed by atoms with Crippen LogP contribution in [0.4, 0.5) is 4.79 Å². The Labute approximate surface area is 137 Å². The summed E-state index contributed by atoms with van der Waals surface area (Å²) >= 11 is 0. The van der Waals surface area contributed by atoms with Crippen LogP contribution in [-0.2, 0) is 4.74 Å². The first-order valence-corrected chi connectivity index (χ1v) is 8.97. The van der Waals surface area contributed by atoms with Crippen LogP contribution in [0.15, 0.2) is 0 Å². The number of amides is 1. The molecular weight excluding hydrogens is 274 g/mol. The van der Waals surface area contributed by atoms with Crippen LogP contribution in [0.3, 0.4) is 0 Å². The van der Waals surface area contributed by atoms with Crippen LogP contribution < -0.4 is 5.32 Å². The first-order chi connectivity index (χ1) is 10.1. The van der Waals surface area contributed by atoms with Crippen molar-refractivity contribution in [3.05, 3.63) is 0 Å². The SMILES string of the molecule is CCC(C)C(C)(C)CC(C)(C)C1CCCC(NC(=O)OC)C1. The number of methoxy groups -OCH3 is 1. The molecule has 3 unspecified atom stereocenters. The fraction of sp³-hybridized carbons (Fsp3) is 0.947. The molecule has 0 aromatic heterocycles. The Morgan fingerprint density at radius 1 is 1.27 bits per heavy atom. The second-order valence-corrected chi connectivity index (χ2v) is 8.66. The third-order valence-corrected chi connectivity index (χ3v) is 6.14. The molecular formula is C19H37NO2.